The van der Waals surface area contributed by atoms with Crippen molar-refractivity contribution in [1.29, 1.82) is 0 Å². The van der Waals surface area contributed by atoms with Crippen molar-refractivity contribution in [1.82, 2.24) is 7.05 Å². The first-order valence-electron chi connectivity index (χ1n) is 9.19. The van der Waals surface area contributed by atoms with Crippen molar-refractivity contribution in [2.75, 3.05) is 5.75 Å². The van der Waals surface area contributed by atoms with E-state index in [0.29, 0.717) is 0 Å². The van der Waals surface area contributed by atoms with E-state index < -0.39 is 29.0 Å². The standard InChI is InChI=1S/C17H42GeN2SSi2/c1-16(2,3)19(22(7,8)9)18(14-13-15-21-18)20(17(4,5)6)23(10,11)12/h13-15H2,1-12H3. The molecule has 1 aliphatic rings. The molecule has 0 atom stereocenters. The summed E-state index contributed by atoms with van der Waals surface area (Å²) in [6.45, 7) is 30.3. The Morgan fingerprint density at radius 1 is 0.739 bits per heavy atom. The first-order valence-corrected chi connectivity index (χ1v) is 23.0. The van der Waals surface area contributed by atoms with Gasteiger partial charge in [-0.3, -0.25) is 0 Å². The fourth-order valence-electron chi connectivity index (χ4n) is 5.17. The molecule has 0 radical (unpaired) electrons. The molecule has 0 bridgehead atoms. The summed E-state index contributed by atoms with van der Waals surface area (Å²) in [5, 5.41) is 1.49. The van der Waals surface area contributed by atoms with E-state index in [4.69, 9.17) is 0 Å². The maximum atomic E-state index is 3.15. The van der Waals surface area contributed by atoms with Crippen molar-refractivity contribution < 1.29 is 0 Å². The summed E-state index contributed by atoms with van der Waals surface area (Å²) in [5.74, 6) is 1.38. The first-order chi connectivity index (χ1) is 9.94. The van der Waals surface area contributed by atoms with Crippen LogP contribution in [0.4, 0.5) is 0 Å². The van der Waals surface area contributed by atoms with Gasteiger partial charge >= 0.3 is 156 Å². The summed E-state index contributed by atoms with van der Waals surface area (Å²) in [6.07, 6.45) is 1.43. The molecule has 1 saturated heterocycles. The molecule has 6 heteroatoms. The second-order valence-corrected chi connectivity index (χ2v) is 34.5. The summed E-state index contributed by atoms with van der Waals surface area (Å²) in [7, 11) is -0.385. The van der Waals surface area contributed by atoms with E-state index in [0.717, 1.165) is 0 Å². The third-order valence-electron chi connectivity index (χ3n) is 4.36. The van der Waals surface area contributed by atoms with Gasteiger partial charge in [0, 0.05) is 0 Å². The van der Waals surface area contributed by atoms with Crippen LogP contribution in [0, 0.1) is 0 Å². The van der Waals surface area contributed by atoms with Crippen molar-refractivity contribution in [3.63, 3.8) is 0 Å². The Morgan fingerprint density at radius 2 is 1.09 bits per heavy atom. The molecule has 0 unspecified atom stereocenters. The van der Waals surface area contributed by atoms with E-state index >= 15 is 0 Å². The zero-order valence-electron chi connectivity index (χ0n) is 17.9. The summed E-state index contributed by atoms with van der Waals surface area (Å²) in [6, 6.07) is 0. The van der Waals surface area contributed by atoms with Crippen LogP contribution in [0.15, 0.2) is 0 Å². The number of hydrogen-bond acceptors (Lipinski definition) is 3. The molecule has 1 aliphatic heterocycles. The Bertz CT molecular complexity index is 348. The van der Waals surface area contributed by atoms with E-state index in [1.165, 1.54) is 17.4 Å². The van der Waals surface area contributed by atoms with E-state index in [1.54, 1.807) is 0 Å². The quantitative estimate of drug-likeness (QED) is 0.505. The van der Waals surface area contributed by atoms with E-state index in [2.05, 4.69) is 98.0 Å². The molecule has 0 aromatic carbocycles. The maximum absolute atomic E-state index is 3.15. The van der Waals surface area contributed by atoms with Gasteiger partial charge < -0.3 is 0 Å². The van der Waals surface area contributed by atoms with Crippen molar-refractivity contribution >= 4 is 39.1 Å². The molecule has 2 nitrogen and oxygen atoms in total. The van der Waals surface area contributed by atoms with Gasteiger partial charge in [0.25, 0.3) is 0 Å². The SMILES string of the molecule is CC(C)(C)[N]([Si](C)(C)C)[Ge]1([N](C(C)(C)C)[Si](C)(C)C)[CH2]CC[S]1. The van der Waals surface area contributed by atoms with Crippen molar-refractivity contribution in [3.8, 4) is 0 Å². The van der Waals surface area contributed by atoms with Gasteiger partial charge in [0.15, 0.2) is 0 Å². The van der Waals surface area contributed by atoms with Crippen LogP contribution in [0.3, 0.4) is 0 Å². The molecule has 1 heterocycles. The number of hydrogen-bond donors (Lipinski definition) is 0. The fraction of sp³-hybridized carbons (Fsp3) is 1.00. The second-order valence-electron chi connectivity index (χ2n) is 11.0. The van der Waals surface area contributed by atoms with Crippen molar-refractivity contribution in [2.45, 2.75) is 104 Å². The van der Waals surface area contributed by atoms with E-state index in [-0.39, 0.29) is 11.1 Å². The fourth-order valence-corrected chi connectivity index (χ4v) is 55.5. The molecular weight excluding hydrogens is 393 g/mol. The van der Waals surface area contributed by atoms with Gasteiger partial charge in [-0.2, -0.15) is 0 Å². The van der Waals surface area contributed by atoms with Gasteiger partial charge in [0.05, 0.1) is 0 Å². The number of rotatable bonds is 4. The zero-order valence-corrected chi connectivity index (χ0v) is 22.8. The molecule has 138 valence electrons. The first kappa shape index (κ1) is 22.3. The van der Waals surface area contributed by atoms with Gasteiger partial charge in [-0.25, -0.2) is 0 Å². The monoisotopic (exact) mass is 436 g/mol. The third-order valence-corrected chi connectivity index (χ3v) is 38.3. The summed E-state index contributed by atoms with van der Waals surface area (Å²) in [4.78, 5) is 0. The molecule has 0 amide bonds. The molecule has 1 rings (SSSR count). The Hall–Kier alpha value is 1.25. The Kier molecular flexibility index (Phi) is 6.55. The molecule has 0 aromatic rings. The van der Waals surface area contributed by atoms with Crippen molar-refractivity contribution in [3.05, 3.63) is 0 Å². The number of nitrogens with zero attached hydrogens (tertiary/aromatic N) is 2. The summed E-state index contributed by atoms with van der Waals surface area (Å²) in [5.41, 5.74) is 0.565. The van der Waals surface area contributed by atoms with Crippen LogP contribution in [0.5, 0.6) is 0 Å². The normalized spacial score (nSPS) is 20.6. The van der Waals surface area contributed by atoms with Gasteiger partial charge in [0.2, 0.25) is 0 Å². The summed E-state index contributed by atoms with van der Waals surface area (Å²) >= 11 is -2.39. The average Bonchev–Trinajstić information content (AvgIpc) is 2.55. The molecule has 1 fully saturated rings. The Morgan fingerprint density at radius 3 is 1.26 bits per heavy atom. The van der Waals surface area contributed by atoms with Crippen LogP contribution in [0.2, 0.25) is 44.5 Å². The molecule has 0 aliphatic carbocycles. The topological polar surface area (TPSA) is 6.48 Å². The van der Waals surface area contributed by atoms with Crippen LogP contribution in [-0.4, -0.2) is 52.9 Å². The average molecular weight is 435 g/mol. The van der Waals surface area contributed by atoms with Gasteiger partial charge in [-0.05, 0) is 0 Å². The van der Waals surface area contributed by atoms with Gasteiger partial charge in [0.1, 0.15) is 0 Å². The molecular formula is C17H42GeN2SSi2. The molecule has 0 saturated carbocycles. The molecule has 0 N–H and O–H groups in total. The second kappa shape index (κ2) is 6.76. The van der Waals surface area contributed by atoms with E-state index in [9.17, 15) is 0 Å². The summed E-state index contributed by atoms with van der Waals surface area (Å²) < 4.78 is 6.31. The predicted molar refractivity (Wildman–Crippen MR) is 118 cm³/mol. The van der Waals surface area contributed by atoms with Crippen LogP contribution in [-0.2, 0) is 0 Å². The third kappa shape index (κ3) is 4.91. The van der Waals surface area contributed by atoms with Gasteiger partial charge in [-0.1, -0.05) is 0 Å². The molecule has 23 heavy (non-hydrogen) atoms. The Balaban J connectivity index is 3.63. The molecule has 0 aromatic heterocycles. The van der Waals surface area contributed by atoms with Crippen LogP contribution < -0.4 is 0 Å². The Labute approximate surface area is 155 Å². The van der Waals surface area contributed by atoms with E-state index in [1.807, 2.05) is 0 Å². The van der Waals surface area contributed by atoms with Crippen LogP contribution in [0.25, 0.3) is 0 Å². The van der Waals surface area contributed by atoms with Gasteiger partial charge in [-0.15, -0.1) is 0 Å². The molecule has 0 spiro atoms. The zero-order chi connectivity index (χ0) is 18.5. The van der Waals surface area contributed by atoms with Crippen molar-refractivity contribution in [2.24, 2.45) is 0 Å². The minimum absolute atomic E-state index is 0.283. The predicted octanol–water partition coefficient (Wildman–Crippen LogP) is 5.93. The van der Waals surface area contributed by atoms with Crippen LogP contribution in [0.1, 0.15) is 48.0 Å². The van der Waals surface area contributed by atoms with Crippen LogP contribution >= 0.6 is 10.1 Å². The minimum atomic E-state index is -2.39.